The zero-order valence-corrected chi connectivity index (χ0v) is 7.47. The van der Waals surface area contributed by atoms with E-state index in [1.54, 1.807) is 6.08 Å². The van der Waals surface area contributed by atoms with Gasteiger partial charge in [-0.2, -0.15) is 0 Å². The lowest BCUT2D eigenvalue weighted by molar-refractivity contribution is 0.646. The van der Waals surface area contributed by atoms with Crippen molar-refractivity contribution in [1.29, 1.82) is 0 Å². The summed E-state index contributed by atoms with van der Waals surface area (Å²) in [6.45, 7) is 7.92. The van der Waals surface area contributed by atoms with Crippen molar-refractivity contribution in [3.05, 3.63) is 24.8 Å². The van der Waals surface area contributed by atoms with Gasteiger partial charge < -0.3 is 5.32 Å². The molecule has 0 aromatic carbocycles. The lowest BCUT2D eigenvalue weighted by Crippen LogP contribution is -2.14. The Morgan fingerprint density at radius 3 is 2.82 bits per heavy atom. The fourth-order valence-corrected chi connectivity index (χ4v) is 0.850. The summed E-state index contributed by atoms with van der Waals surface area (Å²) >= 11 is 0. The Morgan fingerprint density at radius 1 is 1.36 bits per heavy atom. The Labute approximate surface area is 70.2 Å². The molecule has 1 nitrogen and oxygen atoms in total. The topological polar surface area (TPSA) is 12.0 Å². The van der Waals surface area contributed by atoms with Crippen LogP contribution in [0.4, 0.5) is 0 Å². The normalized spacial score (nSPS) is 10.6. The average molecular weight is 153 g/mol. The number of nitrogens with one attached hydrogen (secondary N) is 1. The summed E-state index contributed by atoms with van der Waals surface area (Å²) < 4.78 is 0. The molecule has 0 aliphatic rings. The highest BCUT2D eigenvalue weighted by atomic mass is 14.8. The highest BCUT2D eigenvalue weighted by Gasteiger charge is 1.83. The monoisotopic (exact) mass is 153 g/mol. The third kappa shape index (κ3) is 9.44. The molecule has 1 heteroatoms. The number of hydrogen-bond donors (Lipinski definition) is 1. The first-order valence-electron chi connectivity index (χ1n) is 4.40. The average Bonchev–Trinajstić information content (AvgIpc) is 2.03. The molecule has 0 aliphatic heterocycles. The Hall–Kier alpha value is -0.560. The van der Waals surface area contributed by atoms with Gasteiger partial charge in [0.05, 0.1) is 0 Å². The second kappa shape index (κ2) is 9.44. The second-order valence-corrected chi connectivity index (χ2v) is 2.58. The van der Waals surface area contributed by atoms with Gasteiger partial charge in [0.1, 0.15) is 0 Å². The third-order valence-corrected chi connectivity index (χ3v) is 1.49. The van der Waals surface area contributed by atoms with Gasteiger partial charge in [-0.1, -0.05) is 44.6 Å². The van der Waals surface area contributed by atoms with Crippen LogP contribution in [0.1, 0.15) is 26.2 Å². The van der Waals surface area contributed by atoms with E-state index in [4.69, 9.17) is 0 Å². The standard InChI is InChI=1S/C10H19N/c1-3-5-7-9-11-10-8-6-4-2/h3,5,7,11H,1,4,6,8-10H2,2H3/b7-5+. The molecule has 64 valence electrons. The zero-order valence-electron chi connectivity index (χ0n) is 7.47. The molecule has 0 atom stereocenters. The molecule has 0 heterocycles. The first kappa shape index (κ1) is 10.4. The maximum Gasteiger partial charge on any atom is 0.0137 e. The maximum atomic E-state index is 3.59. The molecule has 0 saturated carbocycles. The minimum absolute atomic E-state index is 0.968. The molecule has 0 spiro atoms. The van der Waals surface area contributed by atoms with Gasteiger partial charge in [-0.3, -0.25) is 0 Å². The van der Waals surface area contributed by atoms with E-state index >= 15 is 0 Å². The van der Waals surface area contributed by atoms with Crippen molar-refractivity contribution >= 4 is 0 Å². The van der Waals surface area contributed by atoms with E-state index < -0.39 is 0 Å². The summed E-state index contributed by atoms with van der Waals surface area (Å²) in [5, 5.41) is 3.32. The third-order valence-electron chi connectivity index (χ3n) is 1.49. The Kier molecular flexibility index (Phi) is 8.96. The molecular weight excluding hydrogens is 134 g/mol. The van der Waals surface area contributed by atoms with Gasteiger partial charge in [0.15, 0.2) is 0 Å². The van der Waals surface area contributed by atoms with Crippen LogP contribution in [0.5, 0.6) is 0 Å². The van der Waals surface area contributed by atoms with E-state index in [2.05, 4.69) is 24.9 Å². The van der Waals surface area contributed by atoms with E-state index in [-0.39, 0.29) is 0 Å². The number of hydrogen-bond acceptors (Lipinski definition) is 1. The Morgan fingerprint density at radius 2 is 2.18 bits per heavy atom. The molecule has 0 aromatic heterocycles. The summed E-state index contributed by atoms with van der Waals surface area (Å²) in [4.78, 5) is 0. The Balaban J connectivity index is 2.90. The quantitative estimate of drug-likeness (QED) is 0.438. The SMILES string of the molecule is C=C/C=C/CNCCCCC. The van der Waals surface area contributed by atoms with Crippen LogP contribution in [0.25, 0.3) is 0 Å². The maximum absolute atomic E-state index is 3.59. The van der Waals surface area contributed by atoms with Gasteiger partial charge in [0.25, 0.3) is 0 Å². The minimum atomic E-state index is 0.968. The molecule has 0 rings (SSSR count). The molecule has 0 bridgehead atoms. The van der Waals surface area contributed by atoms with E-state index in [0.29, 0.717) is 0 Å². The van der Waals surface area contributed by atoms with E-state index in [0.717, 1.165) is 13.1 Å². The van der Waals surface area contributed by atoms with Gasteiger partial charge in [-0.25, -0.2) is 0 Å². The van der Waals surface area contributed by atoms with Crippen LogP contribution in [0, 0.1) is 0 Å². The fourth-order valence-electron chi connectivity index (χ4n) is 0.850. The summed E-state index contributed by atoms with van der Waals surface area (Å²) in [6, 6.07) is 0. The molecule has 0 unspecified atom stereocenters. The predicted molar refractivity (Wildman–Crippen MR) is 51.7 cm³/mol. The fraction of sp³-hybridized carbons (Fsp3) is 0.600. The first-order chi connectivity index (χ1) is 5.41. The number of unbranched alkanes of at least 4 members (excludes halogenated alkanes) is 2. The number of rotatable bonds is 7. The van der Waals surface area contributed by atoms with Gasteiger partial charge in [0.2, 0.25) is 0 Å². The van der Waals surface area contributed by atoms with Crippen LogP contribution in [-0.4, -0.2) is 13.1 Å². The van der Waals surface area contributed by atoms with Crippen LogP contribution >= 0.6 is 0 Å². The summed E-state index contributed by atoms with van der Waals surface area (Å²) in [5.74, 6) is 0. The van der Waals surface area contributed by atoms with Gasteiger partial charge in [-0.05, 0) is 13.0 Å². The minimum Gasteiger partial charge on any atom is -0.313 e. The van der Waals surface area contributed by atoms with Crippen molar-refractivity contribution in [3.63, 3.8) is 0 Å². The number of allylic oxidation sites excluding steroid dienone is 2. The van der Waals surface area contributed by atoms with Gasteiger partial charge >= 0.3 is 0 Å². The second-order valence-electron chi connectivity index (χ2n) is 2.58. The van der Waals surface area contributed by atoms with Crippen molar-refractivity contribution in [3.8, 4) is 0 Å². The highest BCUT2D eigenvalue weighted by molar-refractivity contribution is 4.97. The lowest BCUT2D eigenvalue weighted by atomic mass is 10.2. The lowest BCUT2D eigenvalue weighted by Gasteiger charge is -1.98. The van der Waals surface area contributed by atoms with Crippen LogP contribution in [0.15, 0.2) is 24.8 Å². The van der Waals surface area contributed by atoms with Crippen molar-refractivity contribution in [2.24, 2.45) is 0 Å². The van der Waals surface area contributed by atoms with Crippen LogP contribution in [-0.2, 0) is 0 Å². The zero-order chi connectivity index (χ0) is 8.36. The van der Waals surface area contributed by atoms with Crippen molar-refractivity contribution in [2.45, 2.75) is 26.2 Å². The molecule has 1 N–H and O–H groups in total. The van der Waals surface area contributed by atoms with Crippen LogP contribution in [0.2, 0.25) is 0 Å². The molecule has 0 aliphatic carbocycles. The van der Waals surface area contributed by atoms with Crippen LogP contribution < -0.4 is 5.32 Å². The summed E-state index contributed by atoms with van der Waals surface area (Å²) in [7, 11) is 0. The molecule has 0 aromatic rings. The molecule has 11 heavy (non-hydrogen) atoms. The van der Waals surface area contributed by atoms with Gasteiger partial charge in [-0.15, -0.1) is 0 Å². The van der Waals surface area contributed by atoms with E-state index in [1.807, 2.05) is 6.08 Å². The summed E-state index contributed by atoms with van der Waals surface area (Å²) in [6.07, 6.45) is 9.76. The Bertz CT molecular complexity index is 105. The molecule has 0 radical (unpaired) electrons. The highest BCUT2D eigenvalue weighted by Crippen LogP contribution is 1.90. The smallest absolute Gasteiger partial charge is 0.0137 e. The predicted octanol–water partition coefficient (Wildman–Crippen LogP) is 2.51. The first-order valence-corrected chi connectivity index (χ1v) is 4.40. The largest absolute Gasteiger partial charge is 0.313 e. The van der Waals surface area contributed by atoms with E-state index in [1.165, 1.54) is 19.3 Å². The van der Waals surface area contributed by atoms with Crippen molar-refractivity contribution in [2.75, 3.05) is 13.1 Å². The van der Waals surface area contributed by atoms with Crippen LogP contribution in [0.3, 0.4) is 0 Å². The van der Waals surface area contributed by atoms with E-state index in [9.17, 15) is 0 Å². The molecule has 0 saturated heterocycles. The van der Waals surface area contributed by atoms with Crippen molar-refractivity contribution < 1.29 is 0 Å². The van der Waals surface area contributed by atoms with Crippen molar-refractivity contribution in [1.82, 2.24) is 5.32 Å². The van der Waals surface area contributed by atoms with Gasteiger partial charge in [0, 0.05) is 6.54 Å². The molecule has 0 amide bonds. The molecule has 0 fully saturated rings. The molecular formula is C10H19N. The summed E-state index contributed by atoms with van der Waals surface area (Å²) in [5.41, 5.74) is 0.